The van der Waals surface area contributed by atoms with Crippen LogP contribution < -0.4 is 0 Å². The number of halogens is 1. The molecule has 0 amide bonds. The molecule has 3 atom stereocenters. The van der Waals surface area contributed by atoms with Crippen LogP contribution in [0.25, 0.3) is 0 Å². The zero-order valence-electron chi connectivity index (χ0n) is 6.24. The van der Waals surface area contributed by atoms with Gasteiger partial charge >= 0.3 is 0 Å². The summed E-state index contributed by atoms with van der Waals surface area (Å²) >= 11 is 4.05. The van der Waals surface area contributed by atoms with Crippen molar-refractivity contribution in [2.45, 2.75) is 19.2 Å². The van der Waals surface area contributed by atoms with Crippen molar-refractivity contribution in [3.05, 3.63) is 23.1 Å². The van der Waals surface area contributed by atoms with Crippen LogP contribution in [0.2, 0.25) is 0 Å². The highest BCUT2D eigenvalue weighted by atomic mass is 32.1. The maximum atomic E-state index is 12.9. The van der Waals surface area contributed by atoms with E-state index in [1.165, 1.54) is 6.08 Å². The molecule has 0 aliphatic heterocycles. The zero-order chi connectivity index (χ0) is 8.43. The fourth-order valence-electron chi connectivity index (χ4n) is 1.07. The lowest BCUT2D eigenvalue weighted by atomic mass is 9.94. The van der Waals surface area contributed by atoms with Crippen molar-refractivity contribution in [1.29, 1.82) is 0 Å². The van der Waals surface area contributed by atoms with E-state index in [-0.39, 0.29) is 0 Å². The molecule has 0 saturated heterocycles. The van der Waals surface area contributed by atoms with Crippen molar-refractivity contribution in [2.24, 2.45) is 5.92 Å². The minimum atomic E-state index is -1.08. The van der Waals surface area contributed by atoms with Crippen molar-refractivity contribution in [1.82, 2.24) is 0 Å². The second-order valence-electron chi connectivity index (χ2n) is 2.71. The van der Waals surface area contributed by atoms with Crippen molar-refractivity contribution in [3.63, 3.8) is 0 Å². The summed E-state index contributed by atoms with van der Waals surface area (Å²) < 4.78 is 12.9. The smallest absolute Gasteiger partial charge is 0.127 e. The minimum absolute atomic E-state index is 0.438. The van der Waals surface area contributed by atoms with Crippen LogP contribution in [0.3, 0.4) is 0 Å². The van der Waals surface area contributed by atoms with Gasteiger partial charge in [-0.05, 0) is 13.0 Å². The Kier molecular flexibility index (Phi) is 2.73. The number of hydrogen-bond acceptors (Lipinski definition) is 2. The van der Waals surface area contributed by atoms with E-state index in [1.807, 2.05) is 0 Å². The summed E-state index contributed by atoms with van der Waals surface area (Å²) in [4.78, 5) is 0.713. The normalized spacial score (nSPS) is 33.3. The molecule has 11 heavy (non-hydrogen) atoms. The molecule has 1 nitrogen and oxygen atoms in total. The number of allylic oxidation sites excluding steroid dienone is 2. The van der Waals surface area contributed by atoms with Gasteiger partial charge < -0.3 is 5.11 Å². The first kappa shape index (κ1) is 8.81. The number of aliphatic hydroxyl groups excluding tert-OH is 1. The molecule has 0 heterocycles. The number of aliphatic hydroxyl groups is 1. The molecule has 0 saturated carbocycles. The van der Waals surface area contributed by atoms with Crippen LogP contribution in [0.5, 0.6) is 0 Å². The fraction of sp³-hybridized carbons (Fsp3) is 0.500. The maximum Gasteiger partial charge on any atom is 0.127 e. The van der Waals surface area contributed by atoms with Crippen molar-refractivity contribution in [2.75, 3.05) is 0 Å². The molecule has 0 bridgehead atoms. The Morgan fingerprint density at radius 2 is 2.36 bits per heavy atom. The first-order valence-corrected chi connectivity index (χ1v) is 3.97. The summed E-state index contributed by atoms with van der Waals surface area (Å²) in [6.45, 7) is 1.58. The summed E-state index contributed by atoms with van der Waals surface area (Å²) in [7, 11) is 0. The Hall–Kier alpha value is -0.280. The third-order valence-electron chi connectivity index (χ3n) is 1.74. The van der Waals surface area contributed by atoms with E-state index in [4.69, 9.17) is 5.11 Å². The van der Waals surface area contributed by atoms with Crippen LogP contribution in [0.1, 0.15) is 6.92 Å². The summed E-state index contributed by atoms with van der Waals surface area (Å²) in [5.41, 5.74) is 0. The van der Waals surface area contributed by atoms with Crippen LogP contribution in [-0.2, 0) is 0 Å². The first-order valence-electron chi connectivity index (χ1n) is 3.52. The summed E-state index contributed by atoms with van der Waals surface area (Å²) in [5, 5.41) is 9.11. The van der Waals surface area contributed by atoms with Gasteiger partial charge in [0.1, 0.15) is 6.17 Å². The van der Waals surface area contributed by atoms with E-state index in [2.05, 4.69) is 12.6 Å². The van der Waals surface area contributed by atoms with E-state index in [0.717, 1.165) is 0 Å². The lowest BCUT2D eigenvalue weighted by Crippen LogP contribution is -2.25. The Balaban J connectivity index is 2.73. The molecule has 0 radical (unpaired) electrons. The molecule has 0 spiro atoms. The van der Waals surface area contributed by atoms with Gasteiger partial charge in [-0.1, -0.05) is 12.2 Å². The molecule has 3 unspecified atom stereocenters. The molecular formula is C8H11FOS. The van der Waals surface area contributed by atoms with Gasteiger partial charge in [0.25, 0.3) is 0 Å². The van der Waals surface area contributed by atoms with Crippen LogP contribution >= 0.6 is 12.6 Å². The Morgan fingerprint density at radius 3 is 2.82 bits per heavy atom. The SMILES string of the molecule is CC(O)C1C=C(S)C=CC1F. The molecule has 1 aliphatic rings. The number of alkyl halides is 1. The zero-order valence-corrected chi connectivity index (χ0v) is 7.13. The summed E-state index contributed by atoms with van der Waals surface area (Å²) in [6.07, 6.45) is 2.92. The molecule has 0 aromatic heterocycles. The van der Waals surface area contributed by atoms with E-state index in [9.17, 15) is 4.39 Å². The molecule has 0 aromatic rings. The van der Waals surface area contributed by atoms with Crippen LogP contribution in [0, 0.1) is 5.92 Å². The predicted molar refractivity (Wildman–Crippen MR) is 46.3 cm³/mol. The average molecular weight is 174 g/mol. The highest BCUT2D eigenvalue weighted by Crippen LogP contribution is 2.24. The molecule has 1 N–H and O–H groups in total. The van der Waals surface area contributed by atoms with Gasteiger partial charge in [-0.2, -0.15) is 0 Å². The van der Waals surface area contributed by atoms with Crippen molar-refractivity contribution in [3.8, 4) is 0 Å². The quantitative estimate of drug-likeness (QED) is 0.580. The fourth-order valence-corrected chi connectivity index (χ4v) is 1.33. The predicted octanol–water partition coefficient (Wildman–Crippen LogP) is 1.70. The second-order valence-corrected chi connectivity index (χ2v) is 3.23. The molecule has 1 aliphatic carbocycles. The Morgan fingerprint density at radius 1 is 1.73 bits per heavy atom. The number of hydrogen-bond donors (Lipinski definition) is 2. The summed E-state index contributed by atoms with van der Waals surface area (Å²) in [6, 6.07) is 0. The number of rotatable bonds is 1. The van der Waals surface area contributed by atoms with Gasteiger partial charge in [-0.15, -0.1) is 12.6 Å². The highest BCUT2D eigenvalue weighted by Gasteiger charge is 2.23. The molecule has 0 aromatic carbocycles. The minimum Gasteiger partial charge on any atom is -0.393 e. The van der Waals surface area contributed by atoms with E-state index >= 15 is 0 Å². The van der Waals surface area contributed by atoms with E-state index in [0.29, 0.717) is 4.91 Å². The molecule has 0 fully saturated rings. The first-order chi connectivity index (χ1) is 5.11. The summed E-state index contributed by atoms with van der Waals surface area (Å²) in [5.74, 6) is -0.438. The van der Waals surface area contributed by atoms with Gasteiger partial charge in [0.15, 0.2) is 0 Å². The molecular weight excluding hydrogens is 163 g/mol. The standard InChI is InChI=1S/C8H11FOS/c1-5(10)7-4-6(11)2-3-8(7)9/h2-5,7-8,10-11H,1H3. The molecule has 3 heteroatoms. The highest BCUT2D eigenvalue weighted by molar-refractivity contribution is 7.84. The van der Waals surface area contributed by atoms with Crippen LogP contribution in [0.15, 0.2) is 23.1 Å². The molecule has 1 rings (SSSR count). The van der Waals surface area contributed by atoms with Crippen molar-refractivity contribution < 1.29 is 9.50 Å². The van der Waals surface area contributed by atoms with Gasteiger partial charge in [0, 0.05) is 10.8 Å². The van der Waals surface area contributed by atoms with Gasteiger partial charge in [-0.25, -0.2) is 4.39 Å². The molecule has 62 valence electrons. The topological polar surface area (TPSA) is 20.2 Å². The van der Waals surface area contributed by atoms with Gasteiger partial charge in [0.05, 0.1) is 6.10 Å². The third-order valence-corrected chi connectivity index (χ3v) is 2.04. The van der Waals surface area contributed by atoms with Crippen molar-refractivity contribution >= 4 is 12.6 Å². The lowest BCUT2D eigenvalue weighted by molar-refractivity contribution is 0.111. The van der Waals surface area contributed by atoms with Crippen LogP contribution in [0.4, 0.5) is 4.39 Å². The number of thiol groups is 1. The average Bonchev–Trinajstić information content (AvgIpc) is 1.94. The van der Waals surface area contributed by atoms with E-state index in [1.54, 1.807) is 19.1 Å². The monoisotopic (exact) mass is 174 g/mol. The van der Waals surface area contributed by atoms with Gasteiger partial charge in [0.2, 0.25) is 0 Å². The Bertz CT molecular complexity index is 198. The van der Waals surface area contributed by atoms with Gasteiger partial charge in [-0.3, -0.25) is 0 Å². The third kappa shape index (κ3) is 2.07. The van der Waals surface area contributed by atoms with Crippen LogP contribution in [-0.4, -0.2) is 17.4 Å². The van der Waals surface area contributed by atoms with E-state index < -0.39 is 18.2 Å². The maximum absolute atomic E-state index is 12.9. The largest absolute Gasteiger partial charge is 0.393 e. The Labute approximate surface area is 71.0 Å². The lowest BCUT2D eigenvalue weighted by Gasteiger charge is -2.21. The second kappa shape index (κ2) is 3.41.